The number of hydrogen-bond donors (Lipinski definition) is 1. The summed E-state index contributed by atoms with van der Waals surface area (Å²) in [6, 6.07) is 14.2. The molecule has 1 fully saturated rings. The number of nitrogens with zero attached hydrogens (tertiary/aromatic N) is 2. The van der Waals surface area contributed by atoms with Crippen LogP contribution in [0.5, 0.6) is 0 Å². The fraction of sp³-hybridized carbons (Fsp3) is 0.111. The molecule has 4 rings (SSSR count). The Kier molecular flexibility index (Phi) is 3.40. The zero-order chi connectivity index (χ0) is 16.7. The Hall–Kier alpha value is -2.63. The van der Waals surface area contributed by atoms with E-state index in [0.29, 0.717) is 5.02 Å². The highest BCUT2D eigenvalue weighted by atomic mass is 35.5. The Bertz CT molecular complexity index is 876. The van der Waals surface area contributed by atoms with E-state index in [4.69, 9.17) is 21.4 Å². The molecule has 0 spiro atoms. The summed E-state index contributed by atoms with van der Waals surface area (Å²) in [5.74, 6) is -0.954. The first-order valence-corrected chi connectivity index (χ1v) is 7.74. The molecule has 1 aliphatic rings. The van der Waals surface area contributed by atoms with Crippen LogP contribution in [0.3, 0.4) is 0 Å². The summed E-state index contributed by atoms with van der Waals surface area (Å²) in [6.07, 6.45) is 5.00. The van der Waals surface area contributed by atoms with Crippen LogP contribution in [0, 0.1) is 0 Å². The predicted molar refractivity (Wildman–Crippen MR) is 88.0 cm³/mol. The molecule has 1 aromatic heterocycles. The Labute approximate surface area is 143 Å². The number of rotatable bonds is 4. The highest BCUT2D eigenvalue weighted by Crippen LogP contribution is 2.58. The number of carbonyl (C=O) groups is 1. The van der Waals surface area contributed by atoms with Gasteiger partial charge in [0.2, 0.25) is 0 Å². The molecule has 0 aliphatic carbocycles. The number of aromatic carboxylic acids is 1. The van der Waals surface area contributed by atoms with Gasteiger partial charge in [0.15, 0.2) is 11.8 Å². The number of imidazole rings is 1. The van der Waals surface area contributed by atoms with Crippen molar-refractivity contribution in [2.45, 2.75) is 11.8 Å². The Balaban J connectivity index is 1.80. The number of benzene rings is 2. The summed E-state index contributed by atoms with van der Waals surface area (Å²) < 4.78 is 7.98. The van der Waals surface area contributed by atoms with Crippen molar-refractivity contribution in [3.63, 3.8) is 0 Å². The van der Waals surface area contributed by atoms with E-state index in [0.717, 1.165) is 11.1 Å². The lowest BCUT2D eigenvalue weighted by atomic mass is 9.89. The molecule has 5 nitrogen and oxygen atoms in total. The third-order valence-electron chi connectivity index (χ3n) is 4.22. The zero-order valence-corrected chi connectivity index (χ0v) is 13.2. The van der Waals surface area contributed by atoms with Gasteiger partial charge in [-0.15, -0.1) is 0 Å². The molecule has 2 atom stereocenters. The maximum absolute atomic E-state index is 11.1. The minimum atomic E-state index is -0.954. The van der Waals surface area contributed by atoms with E-state index in [1.807, 2.05) is 35.0 Å². The second kappa shape index (κ2) is 5.47. The van der Waals surface area contributed by atoms with Gasteiger partial charge in [-0.05, 0) is 35.4 Å². The van der Waals surface area contributed by atoms with Crippen molar-refractivity contribution in [3.8, 4) is 0 Å². The lowest BCUT2D eigenvalue weighted by Crippen LogP contribution is -2.14. The van der Waals surface area contributed by atoms with Crippen LogP contribution in [-0.2, 0) is 10.3 Å². The van der Waals surface area contributed by atoms with Crippen molar-refractivity contribution >= 4 is 17.6 Å². The lowest BCUT2D eigenvalue weighted by Gasteiger charge is -2.15. The monoisotopic (exact) mass is 340 g/mol. The van der Waals surface area contributed by atoms with E-state index in [1.54, 1.807) is 36.8 Å². The smallest absolute Gasteiger partial charge is 0.335 e. The molecule has 1 N–H and O–H groups in total. The number of aromatic nitrogens is 2. The molecular formula is C18H13ClN2O3. The number of hydrogen-bond acceptors (Lipinski definition) is 3. The van der Waals surface area contributed by atoms with Gasteiger partial charge >= 0.3 is 5.97 Å². The van der Waals surface area contributed by atoms with Crippen LogP contribution in [0.2, 0.25) is 5.02 Å². The highest BCUT2D eigenvalue weighted by Gasteiger charge is 2.60. The second-order valence-electron chi connectivity index (χ2n) is 5.61. The van der Waals surface area contributed by atoms with Gasteiger partial charge < -0.3 is 14.4 Å². The molecule has 120 valence electrons. The van der Waals surface area contributed by atoms with E-state index in [9.17, 15) is 4.79 Å². The summed E-state index contributed by atoms with van der Waals surface area (Å²) in [4.78, 5) is 15.1. The summed E-state index contributed by atoms with van der Waals surface area (Å²) in [5, 5.41) is 9.73. The van der Waals surface area contributed by atoms with E-state index in [1.165, 1.54) is 0 Å². The van der Waals surface area contributed by atoms with Gasteiger partial charge in [0.05, 0.1) is 11.9 Å². The third kappa shape index (κ3) is 2.29. The van der Waals surface area contributed by atoms with E-state index in [2.05, 4.69) is 4.98 Å². The standard InChI is InChI=1S/C18H13ClN2O3/c19-15-7-5-14(6-8-15)18(17(24-18)21-10-9-20-11-21)13-3-1-12(2-4-13)16(22)23/h1-11,17H,(H,22,23). The van der Waals surface area contributed by atoms with E-state index in [-0.39, 0.29) is 11.8 Å². The zero-order valence-electron chi connectivity index (χ0n) is 12.5. The quantitative estimate of drug-likeness (QED) is 0.735. The molecule has 6 heteroatoms. The van der Waals surface area contributed by atoms with Crippen molar-refractivity contribution < 1.29 is 14.6 Å². The Morgan fingerprint density at radius 3 is 2.29 bits per heavy atom. The molecule has 1 aliphatic heterocycles. The normalized spacial score (nSPS) is 22.3. The molecule has 0 amide bonds. The van der Waals surface area contributed by atoms with Crippen LogP contribution in [0.15, 0.2) is 67.3 Å². The fourth-order valence-electron chi connectivity index (χ4n) is 2.97. The van der Waals surface area contributed by atoms with Crippen LogP contribution in [0.4, 0.5) is 0 Å². The highest BCUT2D eigenvalue weighted by molar-refractivity contribution is 6.30. The maximum Gasteiger partial charge on any atom is 0.335 e. The second-order valence-corrected chi connectivity index (χ2v) is 6.04. The molecule has 0 bridgehead atoms. The molecule has 2 unspecified atom stereocenters. The minimum absolute atomic E-state index is 0.239. The van der Waals surface area contributed by atoms with Crippen LogP contribution >= 0.6 is 11.6 Å². The fourth-order valence-corrected chi connectivity index (χ4v) is 3.09. The molecule has 0 saturated carbocycles. The molecule has 24 heavy (non-hydrogen) atoms. The average molecular weight is 341 g/mol. The first kappa shape index (κ1) is 14.9. The summed E-state index contributed by atoms with van der Waals surface area (Å²) in [7, 11) is 0. The largest absolute Gasteiger partial charge is 0.478 e. The minimum Gasteiger partial charge on any atom is -0.478 e. The number of carboxylic acids is 1. The number of epoxide rings is 1. The lowest BCUT2D eigenvalue weighted by molar-refractivity contribution is 0.0697. The van der Waals surface area contributed by atoms with Gasteiger partial charge in [0.1, 0.15) is 0 Å². The van der Waals surface area contributed by atoms with Crippen molar-refractivity contribution in [1.29, 1.82) is 0 Å². The first-order valence-electron chi connectivity index (χ1n) is 7.36. The van der Waals surface area contributed by atoms with Gasteiger partial charge in [-0.2, -0.15) is 0 Å². The van der Waals surface area contributed by atoms with Gasteiger partial charge in [-0.3, -0.25) is 0 Å². The number of halogens is 1. The van der Waals surface area contributed by atoms with Gasteiger partial charge in [-0.25, -0.2) is 9.78 Å². The van der Waals surface area contributed by atoms with Crippen molar-refractivity contribution in [3.05, 3.63) is 89.0 Å². The summed E-state index contributed by atoms with van der Waals surface area (Å²) >= 11 is 6.00. The number of ether oxygens (including phenoxy) is 1. The van der Waals surface area contributed by atoms with Crippen molar-refractivity contribution in [2.75, 3.05) is 0 Å². The van der Waals surface area contributed by atoms with Gasteiger partial charge in [0, 0.05) is 17.4 Å². The van der Waals surface area contributed by atoms with Gasteiger partial charge in [0.25, 0.3) is 0 Å². The van der Waals surface area contributed by atoms with Gasteiger partial charge in [-0.1, -0.05) is 35.9 Å². The summed E-state index contributed by atoms with van der Waals surface area (Å²) in [6.45, 7) is 0. The van der Waals surface area contributed by atoms with Crippen LogP contribution in [0.1, 0.15) is 27.7 Å². The molecule has 0 radical (unpaired) electrons. The molecule has 3 aromatic rings. The number of carboxylic acid groups (broad SMARTS) is 1. The third-order valence-corrected chi connectivity index (χ3v) is 4.47. The van der Waals surface area contributed by atoms with Crippen LogP contribution < -0.4 is 0 Å². The predicted octanol–water partition coefficient (Wildman–Crippen LogP) is 3.71. The molecular weight excluding hydrogens is 328 g/mol. The Morgan fingerprint density at radius 2 is 1.75 bits per heavy atom. The van der Waals surface area contributed by atoms with Crippen LogP contribution in [-0.4, -0.2) is 20.6 Å². The molecule has 2 aromatic carbocycles. The van der Waals surface area contributed by atoms with E-state index < -0.39 is 11.6 Å². The first-order chi connectivity index (χ1) is 11.6. The molecule has 2 heterocycles. The van der Waals surface area contributed by atoms with E-state index >= 15 is 0 Å². The molecule has 1 saturated heterocycles. The maximum atomic E-state index is 11.1. The van der Waals surface area contributed by atoms with Crippen LogP contribution in [0.25, 0.3) is 0 Å². The Morgan fingerprint density at radius 1 is 1.12 bits per heavy atom. The van der Waals surface area contributed by atoms with Crippen molar-refractivity contribution in [2.24, 2.45) is 0 Å². The SMILES string of the molecule is O=C(O)c1ccc(C2(c3ccc(Cl)cc3)OC2n2ccnc2)cc1. The average Bonchev–Trinajstić information content (AvgIpc) is 3.11. The van der Waals surface area contributed by atoms with Crippen molar-refractivity contribution in [1.82, 2.24) is 9.55 Å². The topological polar surface area (TPSA) is 67.7 Å². The summed E-state index contributed by atoms with van der Waals surface area (Å²) in [5.41, 5.74) is 1.40.